The molecule has 0 aliphatic carbocycles. The van der Waals surface area contributed by atoms with E-state index in [-0.39, 0.29) is 12.5 Å². The van der Waals surface area contributed by atoms with Crippen LogP contribution in [0.2, 0.25) is 0 Å². The van der Waals surface area contributed by atoms with Crippen molar-refractivity contribution in [3.63, 3.8) is 0 Å². The van der Waals surface area contributed by atoms with Crippen LogP contribution in [-0.4, -0.2) is 7.11 Å². The Labute approximate surface area is 83.1 Å². The largest absolute Gasteiger partial charge is 0.495 e. The number of nitrogens with zero attached hydrogens (tertiary/aromatic N) is 1. The Balaban J connectivity index is 2.92. The summed E-state index contributed by atoms with van der Waals surface area (Å²) in [6, 6.07) is 7.04. The normalized spacial score (nSPS) is 11.8. The van der Waals surface area contributed by atoms with Crippen LogP contribution in [0.25, 0.3) is 0 Å². The third kappa shape index (κ3) is 2.15. The Bertz CT molecular complexity index is 357. The highest BCUT2D eigenvalue weighted by Gasteiger charge is 2.07. The predicted octanol–water partition coefficient (Wildman–Crippen LogP) is 1.19. The van der Waals surface area contributed by atoms with Gasteiger partial charge in [-0.15, -0.1) is 0 Å². The molecule has 74 valence electrons. The number of ether oxygens (including phenoxy) is 1. The van der Waals surface area contributed by atoms with E-state index in [1.54, 1.807) is 19.2 Å². The fourth-order valence-electron chi connectivity index (χ4n) is 1.20. The van der Waals surface area contributed by atoms with Crippen LogP contribution in [0.3, 0.4) is 0 Å². The highest BCUT2D eigenvalue weighted by atomic mass is 16.5. The number of hydrogen-bond donors (Lipinski definition) is 2. The van der Waals surface area contributed by atoms with E-state index in [0.717, 1.165) is 5.56 Å². The van der Waals surface area contributed by atoms with Gasteiger partial charge in [0, 0.05) is 6.04 Å². The SMILES string of the molecule is COc1ccc(C(N)CC#N)cc1N. The summed E-state index contributed by atoms with van der Waals surface area (Å²) in [5.41, 5.74) is 12.8. The minimum atomic E-state index is -0.284. The molecule has 1 rings (SSSR count). The second-order valence-electron chi connectivity index (χ2n) is 2.97. The van der Waals surface area contributed by atoms with Gasteiger partial charge < -0.3 is 16.2 Å². The zero-order valence-electron chi connectivity index (χ0n) is 8.03. The minimum Gasteiger partial charge on any atom is -0.495 e. The molecule has 4 N–H and O–H groups in total. The van der Waals surface area contributed by atoms with Gasteiger partial charge in [0.25, 0.3) is 0 Å². The van der Waals surface area contributed by atoms with Gasteiger partial charge in [-0.25, -0.2) is 0 Å². The lowest BCUT2D eigenvalue weighted by Crippen LogP contribution is -2.09. The van der Waals surface area contributed by atoms with Gasteiger partial charge in [0.15, 0.2) is 0 Å². The summed E-state index contributed by atoms with van der Waals surface area (Å²) >= 11 is 0. The third-order valence-corrected chi connectivity index (χ3v) is 1.99. The van der Waals surface area contributed by atoms with Gasteiger partial charge in [0.05, 0.1) is 25.3 Å². The molecule has 0 aliphatic rings. The molecule has 0 saturated heterocycles. The van der Waals surface area contributed by atoms with Crippen molar-refractivity contribution in [1.29, 1.82) is 5.26 Å². The summed E-state index contributed by atoms with van der Waals surface area (Å²) in [5, 5.41) is 8.48. The molecular weight excluding hydrogens is 178 g/mol. The Kier molecular flexibility index (Phi) is 3.32. The van der Waals surface area contributed by atoms with Gasteiger partial charge in [-0.3, -0.25) is 0 Å². The maximum atomic E-state index is 8.48. The zero-order valence-corrected chi connectivity index (χ0v) is 8.03. The van der Waals surface area contributed by atoms with Crippen LogP contribution < -0.4 is 16.2 Å². The van der Waals surface area contributed by atoms with Gasteiger partial charge in [0.2, 0.25) is 0 Å². The van der Waals surface area contributed by atoms with Crippen LogP contribution in [0.1, 0.15) is 18.0 Å². The summed E-state index contributed by atoms with van der Waals surface area (Å²) in [5.74, 6) is 0.623. The monoisotopic (exact) mass is 191 g/mol. The van der Waals surface area contributed by atoms with E-state index in [9.17, 15) is 0 Å². The second-order valence-corrected chi connectivity index (χ2v) is 2.97. The van der Waals surface area contributed by atoms with Crippen LogP contribution in [0, 0.1) is 11.3 Å². The second kappa shape index (κ2) is 4.49. The molecule has 0 spiro atoms. The molecule has 1 atom stereocenters. The molecule has 0 aromatic heterocycles. The lowest BCUT2D eigenvalue weighted by Gasteiger charge is -2.10. The number of rotatable bonds is 3. The van der Waals surface area contributed by atoms with E-state index in [4.69, 9.17) is 21.5 Å². The van der Waals surface area contributed by atoms with Crippen molar-refractivity contribution >= 4 is 5.69 Å². The summed E-state index contributed by atoms with van der Waals surface area (Å²) in [6.45, 7) is 0. The lowest BCUT2D eigenvalue weighted by atomic mass is 10.0. The molecule has 0 aliphatic heterocycles. The number of nitriles is 1. The maximum absolute atomic E-state index is 8.48. The van der Waals surface area contributed by atoms with Crippen molar-refractivity contribution in [2.45, 2.75) is 12.5 Å². The quantitative estimate of drug-likeness (QED) is 0.703. The average molecular weight is 191 g/mol. The van der Waals surface area contributed by atoms with Crippen molar-refractivity contribution in [1.82, 2.24) is 0 Å². The zero-order chi connectivity index (χ0) is 10.6. The van der Waals surface area contributed by atoms with Gasteiger partial charge in [-0.2, -0.15) is 5.26 Å². The minimum absolute atomic E-state index is 0.284. The van der Waals surface area contributed by atoms with Gasteiger partial charge in [0.1, 0.15) is 5.75 Å². The first-order valence-electron chi connectivity index (χ1n) is 4.25. The smallest absolute Gasteiger partial charge is 0.141 e. The number of methoxy groups -OCH3 is 1. The molecule has 1 unspecified atom stereocenters. The Morgan fingerprint density at radius 2 is 2.29 bits per heavy atom. The molecule has 0 radical (unpaired) electrons. The Morgan fingerprint density at radius 1 is 1.57 bits per heavy atom. The molecule has 0 amide bonds. The van der Waals surface area contributed by atoms with E-state index in [0.29, 0.717) is 11.4 Å². The summed E-state index contributed by atoms with van der Waals surface area (Å²) in [4.78, 5) is 0. The van der Waals surface area contributed by atoms with Crippen molar-refractivity contribution in [2.75, 3.05) is 12.8 Å². The molecule has 4 nitrogen and oxygen atoms in total. The predicted molar refractivity (Wildman–Crippen MR) is 54.6 cm³/mol. The standard InChI is InChI=1S/C10H13N3O/c1-14-10-3-2-7(6-9(10)13)8(12)4-5-11/h2-3,6,8H,4,12-13H2,1H3. The van der Waals surface area contributed by atoms with E-state index in [1.807, 2.05) is 12.1 Å². The number of hydrogen-bond acceptors (Lipinski definition) is 4. The molecule has 0 fully saturated rings. The number of benzene rings is 1. The van der Waals surface area contributed by atoms with Crippen LogP contribution in [0.15, 0.2) is 18.2 Å². The average Bonchev–Trinajstić information content (AvgIpc) is 2.18. The van der Waals surface area contributed by atoms with Crippen molar-refractivity contribution in [2.24, 2.45) is 5.73 Å². The number of nitrogens with two attached hydrogens (primary N) is 2. The lowest BCUT2D eigenvalue weighted by molar-refractivity contribution is 0.416. The van der Waals surface area contributed by atoms with Gasteiger partial charge in [-0.1, -0.05) is 6.07 Å². The molecule has 14 heavy (non-hydrogen) atoms. The van der Waals surface area contributed by atoms with Crippen molar-refractivity contribution in [3.8, 4) is 11.8 Å². The molecular formula is C10H13N3O. The topological polar surface area (TPSA) is 85.1 Å². The van der Waals surface area contributed by atoms with Gasteiger partial charge in [-0.05, 0) is 17.7 Å². The first-order chi connectivity index (χ1) is 6.69. The van der Waals surface area contributed by atoms with Crippen molar-refractivity contribution in [3.05, 3.63) is 23.8 Å². The fourth-order valence-corrected chi connectivity index (χ4v) is 1.20. The maximum Gasteiger partial charge on any atom is 0.141 e. The molecule has 1 aromatic rings. The van der Waals surface area contributed by atoms with Crippen LogP contribution in [0.4, 0.5) is 5.69 Å². The van der Waals surface area contributed by atoms with E-state index in [2.05, 4.69) is 0 Å². The summed E-state index contributed by atoms with van der Waals surface area (Å²) in [6.07, 6.45) is 0.284. The number of nitrogen functional groups attached to an aromatic ring is 1. The highest BCUT2D eigenvalue weighted by Crippen LogP contribution is 2.25. The molecule has 4 heteroatoms. The summed E-state index contributed by atoms with van der Waals surface area (Å²) in [7, 11) is 1.56. The van der Waals surface area contributed by atoms with Crippen molar-refractivity contribution < 1.29 is 4.74 Å². The first kappa shape index (κ1) is 10.4. The first-order valence-corrected chi connectivity index (χ1v) is 4.25. The summed E-state index contributed by atoms with van der Waals surface area (Å²) < 4.78 is 5.01. The van der Waals surface area contributed by atoms with E-state index >= 15 is 0 Å². The molecule has 0 heterocycles. The van der Waals surface area contributed by atoms with Crippen LogP contribution in [0.5, 0.6) is 5.75 Å². The van der Waals surface area contributed by atoms with Crippen LogP contribution in [-0.2, 0) is 0 Å². The van der Waals surface area contributed by atoms with E-state index in [1.165, 1.54) is 0 Å². The van der Waals surface area contributed by atoms with Gasteiger partial charge >= 0.3 is 0 Å². The molecule has 0 saturated carbocycles. The Morgan fingerprint density at radius 3 is 2.79 bits per heavy atom. The molecule has 1 aromatic carbocycles. The van der Waals surface area contributed by atoms with E-state index < -0.39 is 0 Å². The molecule has 0 bridgehead atoms. The highest BCUT2D eigenvalue weighted by molar-refractivity contribution is 5.54. The fraction of sp³-hybridized carbons (Fsp3) is 0.300. The van der Waals surface area contributed by atoms with Crippen LogP contribution >= 0.6 is 0 Å². The third-order valence-electron chi connectivity index (χ3n) is 1.99. The number of anilines is 1. The Hall–Kier alpha value is -1.73.